The summed E-state index contributed by atoms with van der Waals surface area (Å²) in [5.74, 6) is -1.77. The van der Waals surface area contributed by atoms with E-state index in [0.717, 1.165) is 10.7 Å². The number of hydrogen-bond donors (Lipinski definition) is 1. The highest BCUT2D eigenvalue weighted by atomic mass is 32.2. The number of sulfonamides is 1. The van der Waals surface area contributed by atoms with Gasteiger partial charge in [0, 0.05) is 6.54 Å². The molecule has 0 aromatic carbocycles. The molecule has 1 N–H and O–H groups in total. The molecule has 116 valence electrons. The number of carbonyl (C=O) groups is 2. The first-order valence-corrected chi connectivity index (χ1v) is 8.56. The van der Waals surface area contributed by atoms with E-state index in [1.54, 1.807) is 0 Å². The zero-order valence-corrected chi connectivity index (χ0v) is 12.9. The molecule has 21 heavy (non-hydrogen) atoms. The zero-order chi connectivity index (χ0) is 15.6. The number of carboxylic acid groups (broad SMARTS) is 1. The van der Waals surface area contributed by atoms with Gasteiger partial charge in [0.05, 0.1) is 7.11 Å². The zero-order valence-electron chi connectivity index (χ0n) is 11.3. The molecular formula is C12H15NO6S2. The molecule has 0 amide bonds. The van der Waals surface area contributed by atoms with Crippen molar-refractivity contribution in [3.05, 3.63) is 17.0 Å². The van der Waals surface area contributed by atoms with E-state index in [4.69, 9.17) is 5.11 Å². The minimum Gasteiger partial charge on any atom is -0.477 e. The molecule has 1 fully saturated rings. The number of ether oxygens (including phenoxy) is 1. The first kappa shape index (κ1) is 15.9. The molecule has 7 nitrogen and oxygen atoms in total. The van der Waals surface area contributed by atoms with E-state index < -0.39 is 28.0 Å². The van der Waals surface area contributed by atoms with E-state index in [9.17, 15) is 18.0 Å². The number of esters is 1. The fourth-order valence-electron chi connectivity index (χ4n) is 2.25. The molecule has 0 aliphatic carbocycles. The van der Waals surface area contributed by atoms with Crippen molar-refractivity contribution >= 4 is 33.3 Å². The Morgan fingerprint density at radius 3 is 2.67 bits per heavy atom. The van der Waals surface area contributed by atoms with Crippen molar-refractivity contribution in [1.29, 1.82) is 0 Å². The van der Waals surface area contributed by atoms with E-state index in [0.29, 0.717) is 24.2 Å². The van der Waals surface area contributed by atoms with Gasteiger partial charge >= 0.3 is 11.9 Å². The number of carboxylic acids is 1. The summed E-state index contributed by atoms with van der Waals surface area (Å²) in [6.45, 7) is 0.225. The summed E-state index contributed by atoms with van der Waals surface area (Å²) in [5, 5.41) is 8.88. The van der Waals surface area contributed by atoms with Crippen molar-refractivity contribution in [2.75, 3.05) is 13.7 Å². The van der Waals surface area contributed by atoms with Crippen molar-refractivity contribution in [1.82, 2.24) is 4.31 Å². The average molecular weight is 333 g/mol. The van der Waals surface area contributed by atoms with Crippen LogP contribution in [0.15, 0.2) is 16.3 Å². The van der Waals surface area contributed by atoms with Crippen LogP contribution in [0.2, 0.25) is 0 Å². The van der Waals surface area contributed by atoms with Gasteiger partial charge < -0.3 is 9.84 Å². The van der Waals surface area contributed by atoms with Crippen LogP contribution in [0.3, 0.4) is 0 Å². The molecular weight excluding hydrogens is 318 g/mol. The predicted octanol–water partition coefficient (Wildman–Crippen LogP) is 1.16. The molecule has 1 unspecified atom stereocenters. The van der Waals surface area contributed by atoms with E-state index in [1.807, 2.05) is 0 Å². The maximum absolute atomic E-state index is 12.6. The Balaban J connectivity index is 2.35. The van der Waals surface area contributed by atoms with Gasteiger partial charge in [-0.1, -0.05) is 0 Å². The lowest BCUT2D eigenvalue weighted by molar-refractivity contribution is -0.146. The molecule has 2 heterocycles. The molecule has 1 saturated heterocycles. The highest BCUT2D eigenvalue weighted by molar-refractivity contribution is 7.91. The monoisotopic (exact) mass is 333 g/mol. The van der Waals surface area contributed by atoms with Gasteiger partial charge in [0.2, 0.25) is 0 Å². The number of carbonyl (C=O) groups excluding carboxylic acids is 1. The maximum atomic E-state index is 12.6. The van der Waals surface area contributed by atoms with Crippen molar-refractivity contribution in [3.63, 3.8) is 0 Å². The maximum Gasteiger partial charge on any atom is 0.345 e. The number of hydrogen-bond acceptors (Lipinski definition) is 6. The number of thiophene rings is 1. The fraction of sp³-hybridized carbons (Fsp3) is 0.500. The Morgan fingerprint density at radius 1 is 1.38 bits per heavy atom. The van der Waals surface area contributed by atoms with Crippen LogP contribution >= 0.6 is 11.3 Å². The number of aromatic carboxylic acids is 1. The van der Waals surface area contributed by atoms with Crippen LogP contribution < -0.4 is 0 Å². The van der Waals surface area contributed by atoms with Gasteiger partial charge in [-0.05, 0) is 31.4 Å². The lowest BCUT2D eigenvalue weighted by Crippen LogP contribution is -2.48. The quantitative estimate of drug-likeness (QED) is 0.830. The second-order valence-corrected chi connectivity index (χ2v) is 7.78. The minimum atomic E-state index is -3.89. The van der Waals surface area contributed by atoms with E-state index >= 15 is 0 Å². The van der Waals surface area contributed by atoms with Crippen LogP contribution in [0.1, 0.15) is 28.9 Å². The van der Waals surface area contributed by atoms with Gasteiger partial charge in [-0.15, -0.1) is 11.3 Å². The molecule has 0 bridgehead atoms. The molecule has 2 rings (SSSR count). The standard InChI is InChI=1S/C12H15NO6S2/c1-19-12(16)8-4-2-3-7-13(8)21(17,18)10-6-5-9(20-10)11(14)15/h5-6,8H,2-4,7H2,1H3,(H,14,15). The van der Waals surface area contributed by atoms with Crippen LogP contribution in [0.4, 0.5) is 0 Å². The van der Waals surface area contributed by atoms with Gasteiger partial charge in [0.1, 0.15) is 15.1 Å². The second kappa shape index (κ2) is 6.12. The van der Waals surface area contributed by atoms with E-state index in [-0.39, 0.29) is 15.6 Å². The second-order valence-electron chi connectivity index (χ2n) is 4.57. The van der Waals surface area contributed by atoms with Crippen LogP contribution in [0, 0.1) is 0 Å². The summed E-state index contributed by atoms with van der Waals surface area (Å²) in [4.78, 5) is 22.6. The lowest BCUT2D eigenvalue weighted by Gasteiger charge is -2.32. The summed E-state index contributed by atoms with van der Waals surface area (Å²) in [6.07, 6.45) is 1.81. The van der Waals surface area contributed by atoms with Crippen molar-refractivity contribution in [2.45, 2.75) is 29.5 Å². The van der Waals surface area contributed by atoms with Crippen LogP contribution in [-0.4, -0.2) is 49.5 Å². The third kappa shape index (κ3) is 3.09. The molecule has 0 radical (unpaired) electrons. The summed E-state index contributed by atoms with van der Waals surface area (Å²) in [6, 6.07) is 1.66. The smallest absolute Gasteiger partial charge is 0.345 e. The Bertz CT molecular complexity index is 650. The van der Waals surface area contributed by atoms with Crippen molar-refractivity contribution in [2.24, 2.45) is 0 Å². The molecule has 0 saturated carbocycles. The lowest BCUT2D eigenvalue weighted by atomic mass is 10.1. The van der Waals surface area contributed by atoms with Gasteiger partial charge in [0.15, 0.2) is 0 Å². The summed E-state index contributed by atoms with van der Waals surface area (Å²) in [7, 11) is -2.67. The van der Waals surface area contributed by atoms with E-state index in [1.165, 1.54) is 19.2 Å². The van der Waals surface area contributed by atoms with Gasteiger partial charge in [0.25, 0.3) is 10.0 Å². The van der Waals surface area contributed by atoms with Crippen LogP contribution in [0.25, 0.3) is 0 Å². The van der Waals surface area contributed by atoms with Gasteiger partial charge in [-0.2, -0.15) is 4.31 Å². The first-order valence-electron chi connectivity index (χ1n) is 6.30. The third-order valence-corrected chi connectivity index (χ3v) is 6.73. The highest BCUT2D eigenvalue weighted by Gasteiger charge is 2.39. The van der Waals surface area contributed by atoms with E-state index in [2.05, 4.69) is 4.74 Å². The fourth-order valence-corrected chi connectivity index (χ4v) is 5.17. The average Bonchev–Trinajstić information content (AvgIpc) is 2.97. The molecule has 1 aliphatic heterocycles. The van der Waals surface area contributed by atoms with Crippen molar-refractivity contribution in [3.8, 4) is 0 Å². The number of nitrogens with zero attached hydrogens (tertiary/aromatic N) is 1. The minimum absolute atomic E-state index is 0.0554. The summed E-state index contributed by atoms with van der Waals surface area (Å²) in [5.41, 5.74) is 0. The van der Waals surface area contributed by atoms with Crippen LogP contribution in [-0.2, 0) is 19.6 Å². The Kier molecular flexibility index (Phi) is 4.64. The number of methoxy groups -OCH3 is 1. The Hall–Kier alpha value is -1.45. The van der Waals surface area contributed by atoms with Gasteiger partial charge in [-0.3, -0.25) is 4.79 Å². The Labute approximate surface area is 126 Å². The predicted molar refractivity (Wildman–Crippen MR) is 74.8 cm³/mol. The summed E-state index contributed by atoms with van der Waals surface area (Å²) >= 11 is 0.682. The SMILES string of the molecule is COC(=O)C1CCCCN1S(=O)(=O)c1ccc(C(=O)O)s1. The first-order chi connectivity index (χ1) is 9.87. The third-order valence-electron chi connectivity index (χ3n) is 3.28. The highest BCUT2D eigenvalue weighted by Crippen LogP contribution is 2.30. The normalized spacial score (nSPS) is 20.1. The summed E-state index contributed by atoms with van der Waals surface area (Å²) < 4.78 is 30.9. The Morgan fingerprint density at radius 2 is 2.10 bits per heavy atom. The van der Waals surface area contributed by atoms with Crippen LogP contribution in [0.5, 0.6) is 0 Å². The molecule has 1 atom stereocenters. The molecule has 1 aromatic heterocycles. The molecule has 1 aliphatic rings. The number of piperidine rings is 1. The molecule has 0 spiro atoms. The molecule has 1 aromatic rings. The topological polar surface area (TPSA) is 101 Å². The molecule has 9 heteroatoms. The number of rotatable bonds is 4. The van der Waals surface area contributed by atoms with Crippen molar-refractivity contribution < 1.29 is 27.9 Å². The largest absolute Gasteiger partial charge is 0.477 e. The van der Waals surface area contributed by atoms with Gasteiger partial charge in [-0.25, -0.2) is 13.2 Å².